The second-order valence-corrected chi connectivity index (χ2v) is 14.9. The highest BCUT2D eigenvalue weighted by atomic mass is 79.9. The number of nitrogens with zero attached hydrogens (tertiary/aromatic N) is 1. The van der Waals surface area contributed by atoms with Crippen molar-refractivity contribution in [2.75, 3.05) is 0 Å². The summed E-state index contributed by atoms with van der Waals surface area (Å²) in [5, 5.41) is 4.86. The first kappa shape index (κ1) is 34.4. The predicted octanol–water partition coefficient (Wildman–Crippen LogP) is 7.58. The molecule has 13 heteroatoms. The Morgan fingerprint density at radius 1 is 0.857 bits per heavy atom. The maximum atomic E-state index is 13.4. The van der Waals surface area contributed by atoms with Gasteiger partial charge in [-0.05, 0) is 91.6 Å². The Kier molecular flexibility index (Phi) is 14.8. The van der Waals surface area contributed by atoms with Gasteiger partial charge in [0.25, 0.3) is 0 Å². The number of carbonyl (C=O) groups excluding carboxylic acids is 1. The van der Waals surface area contributed by atoms with E-state index in [-0.39, 0.29) is 29.3 Å². The van der Waals surface area contributed by atoms with Crippen LogP contribution in [0.1, 0.15) is 57.5 Å². The fourth-order valence-corrected chi connectivity index (χ4v) is 3.37. The molecule has 0 amide bonds. The average Bonchev–Trinajstić information content (AvgIpc) is 2.75. The molecule has 0 saturated heterocycles. The van der Waals surface area contributed by atoms with Crippen molar-refractivity contribution in [2.24, 2.45) is 9.54 Å². The van der Waals surface area contributed by atoms with E-state index in [4.69, 9.17) is 28.3 Å². The van der Waals surface area contributed by atoms with Crippen molar-refractivity contribution in [1.29, 1.82) is 0 Å². The number of hydrogen-bond donors (Lipinski definition) is 1. The van der Waals surface area contributed by atoms with Gasteiger partial charge in [-0.2, -0.15) is 4.40 Å². The number of halogens is 6. The lowest BCUT2D eigenvalue weighted by Gasteiger charge is -2.12. The van der Waals surface area contributed by atoms with Crippen molar-refractivity contribution in [2.45, 2.75) is 51.0 Å². The first-order valence-corrected chi connectivity index (χ1v) is 14.3. The second kappa shape index (κ2) is 15.0. The molecule has 0 aliphatic heterocycles. The molecule has 0 aromatic heterocycles. The SMILES string of the molecule is CC(C)(C)[S@@](N)=O.CC(C)(C)[S@](=O)N=Cc1ccc(Br)c(F)c1Cl.O=Cc1ccc(Br)c(F)c1Cl. The van der Waals surface area contributed by atoms with Gasteiger partial charge in [0.15, 0.2) is 17.9 Å². The normalized spacial score (nSPS) is 13.3. The third kappa shape index (κ3) is 12.0. The van der Waals surface area contributed by atoms with Crippen LogP contribution in [0.3, 0.4) is 0 Å². The number of rotatable bonds is 3. The molecule has 0 aliphatic rings. The summed E-state index contributed by atoms with van der Waals surface area (Å²) in [5.41, 5.74) is 0.567. The molecular formula is C22H26Br2Cl2F2N2O3S2. The smallest absolute Gasteiger partial charge is 0.156 e. The highest BCUT2D eigenvalue weighted by Gasteiger charge is 2.18. The number of aldehydes is 1. The van der Waals surface area contributed by atoms with Crippen LogP contribution < -0.4 is 5.14 Å². The maximum absolute atomic E-state index is 13.4. The monoisotopic (exact) mass is 696 g/mol. The molecule has 35 heavy (non-hydrogen) atoms. The molecule has 0 radical (unpaired) electrons. The predicted molar refractivity (Wildman–Crippen MR) is 151 cm³/mol. The van der Waals surface area contributed by atoms with E-state index >= 15 is 0 Å². The van der Waals surface area contributed by atoms with Gasteiger partial charge in [-0.1, -0.05) is 29.3 Å². The summed E-state index contributed by atoms with van der Waals surface area (Å²) < 4.78 is 52.0. The fraction of sp³-hybridized carbons (Fsp3) is 0.364. The molecule has 0 aliphatic carbocycles. The van der Waals surface area contributed by atoms with Crippen LogP contribution >= 0.6 is 55.1 Å². The van der Waals surface area contributed by atoms with E-state index in [0.717, 1.165) is 0 Å². The van der Waals surface area contributed by atoms with E-state index in [2.05, 4.69) is 36.3 Å². The fourth-order valence-electron chi connectivity index (χ4n) is 1.54. The molecule has 0 spiro atoms. The zero-order chi connectivity index (χ0) is 27.7. The Morgan fingerprint density at radius 2 is 1.23 bits per heavy atom. The van der Waals surface area contributed by atoms with E-state index in [9.17, 15) is 22.0 Å². The number of hydrogen-bond acceptors (Lipinski definition) is 3. The molecule has 2 N–H and O–H groups in total. The van der Waals surface area contributed by atoms with E-state index in [1.54, 1.807) is 6.07 Å². The highest BCUT2D eigenvalue weighted by molar-refractivity contribution is 9.10. The summed E-state index contributed by atoms with van der Waals surface area (Å²) >= 11 is 17.2. The summed E-state index contributed by atoms with van der Waals surface area (Å²) in [6, 6.07) is 6.02. The third-order valence-electron chi connectivity index (χ3n) is 3.67. The largest absolute Gasteiger partial charge is 0.298 e. The lowest BCUT2D eigenvalue weighted by molar-refractivity contribution is 0.112. The van der Waals surface area contributed by atoms with Gasteiger partial charge in [0.05, 0.1) is 39.5 Å². The summed E-state index contributed by atoms with van der Waals surface area (Å²) in [7, 11) is -2.56. The first-order chi connectivity index (χ1) is 15.8. The Hall–Kier alpha value is -0.560. The van der Waals surface area contributed by atoms with Crippen molar-refractivity contribution in [3.05, 3.63) is 66.0 Å². The second-order valence-electron chi connectivity index (χ2n) is 8.65. The van der Waals surface area contributed by atoms with Gasteiger partial charge in [0.1, 0.15) is 11.0 Å². The molecule has 5 nitrogen and oxygen atoms in total. The van der Waals surface area contributed by atoms with Crippen molar-refractivity contribution in [3.8, 4) is 0 Å². The van der Waals surface area contributed by atoms with Gasteiger partial charge < -0.3 is 0 Å². The van der Waals surface area contributed by atoms with Gasteiger partial charge in [-0.3, -0.25) is 9.93 Å². The van der Waals surface area contributed by atoms with Crippen molar-refractivity contribution < 1.29 is 22.0 Å². The third-order valence-corrected chi connectivity index (χ3v) is 8.22. The van der Waals surface area contributed by atoms with E-state index in [1.807, 2.05) is 41.5 Å². The van der Waals surface area contributed by atoms with E-state index < -0.39 is 38.4 Å². The maximum Gasteiger partial charge on any atom is 0.156 e. The molecule has 2 rings (SSSR count). The van der Waals surface area contributed by atoms with Crippen LogP contribution in [0.5, 0.6) is 0 Å². The Morgan fingerprint density at radius 3 is 1.57 bits per heavy atom. The molecule has 2 atom stereocenters. The Balaban J connectivity index is 0.000000550. The van der Waals surface area contributed by atoms with Crippen molar-refractivity contribution >= 4 is 89.5 Å². The van der Waals surface area contributed by atoms with Gasteiger partial charge in [-0.15, -0.1) is 0 Å². The van der Waals surface area contributed by atoms with Gasteiger partial charge >= 0.3 is 0 Å². The molecule has 196 valence electrons. The van der Waals surface area contributed by atoms with Gasteiger partial charge in [-0.25, -0.2) is 17.2 Å². The van der Waals surface area contributed by atoms with Crippen LogP contribution in [0.25, 0.3) is 0 Å². The first-order valence-electron chi connectivity index (χ1n) is 9.69. The summed E-state index contributed by atoms with van der Waals surface area (Å²) in [6.07, 6.45) is 1.84. The summed E-state index contributed by atoms with van der Waals surface area (Å²) in [5.74, 6) is -1.14. The molecule has 0 saturated carbocycles. The lowest BCUT2D eigenvalue weighted by Crippen LogP contribution is -2.27. The van der Waals surface area contributed by atoms with Crippen LogP contribution in [-0.4, -0.2) is 30.4 Å². The minimum Gasteiger partial charge on any atom is -0.298 e. The van der Waals surface area contributed by atoms with E-state index in [1.165, 1.54) is 24.4 Å². The molecule has 2 aromatic carbocycles. The molecule has 0 fully saturated rings. The number of nitrogens with two attached hydrogens (primary N) is 1. The molecule has 0 unspecified atom stereocenters. The zero-order valence-electron chi connectivity index (χ0n) is 19.8. The van der Waals surface area contributed by atoms with Gasteiger partial charge in [0, 0.05) is 17.3 Å². The highest BCUT2D eigenvalue weighted by Crippen LogP contribution is 2.26. The van der Waals surface area contributed by atoms with Crippen LogP contribution in [-0.2, 0) is 22.0 Å². The molecule has 0 bridgehead atoms. The quantitative estimate of drug-likeness (QED) is 0.204. The minimum absolute atomic E-state index is 0.0333. The minimum atomic E-state index is -1.38. The molecular weight excluding hydrogens is 673 g/mol. The van der Waals surface area contributed by atoms with Crippen LogP contribution in [0, 0.1) is 11.6 Å². The van der Waals surface area contributed by atoms with Crippen LogP contribution in [0.15, 0.2) is 37.6 Å². The Bertz CT molecular complexity index is 1120. The summed E-state index contributed by atoms with van der Waals surface area (Å²) in [4.78, 5) is 10.2. The van der Waals surface area contributed by atoms with Crippen LogP contribution in [0.4, 0.5) is 8.78 Å². The molecule has 0 heterocycles. The number of carbonyl (C=O) groups is 1. The standard InChI is InChI=1S/C11H12BrClFNOS.C7H3BrClFO.C4H11NOS/c1-11(2,3)17(16)15-6-7-4-5-8(12)10(14)9(7)13;8-5-2-1-4(3-11)6(9)7(5)10;1-4(2,3)7(5)6/h4-6H,1-3H3;1-3H;5H2,1-3H3/t17-;;7-/m0.0/s1. The zero-order valence-corrected chi connectivity index (χ0v) is 26.1. The van der Waals surface area contributed by atoms with Crippen molar-refractivity contribution in [3.63, 3.8) is 0 Å². The van der Waals surface area contributed by atoms with Crippen LogP contribution in [0.2, 0.25) is 10.0 Å². The topological polar surface area (TPSA) is 89.6 Å². The summed E-state index contributed by atoms with van der Waals surface area (Å²) in [6.45, 7) is 10.9. The number of benzene rings is 2. The van der Waals surface area contributed by atoms with Crippen molar-refractivity contribution in [1.82, 2.24) is 0 Å². The van der Waals surface area contributed by atoms with Gasteiger partial charge in [0.2, 0.25) is 0 Å². The Labute approximate surface area is 236 Å². The lowest BCUT2D eigenvalue weighted by atomic mass is 10.2. The molecule has 2 aromatic rings. The van der Waals surface area contributed by atoms with E-state index in [0.29, 0.717) is 11.8 Å². The average molecular weight is 699 g/mol.